The van der Waals surface area contributed by atoms with E-state index in [0.717, 1.165) is 25.8 Å². The second-order valence-corrected chi connectivity index (χ2v) is 6.45. The molecule has 0 radical (unpaired) electrons. The lowest BCUT2D eigenvalue weighted by atomic mass is 9.87. The summed E-state index contributed by atoms with van der Waals surface area (Å²) in [6.07, 6.45) is 5.89. The minimum Gasteiger partial charge on any atom is -0.352 e. The van der Waals surface area contributed by atoms with Crippen LogP contribution < -0.4 is 5.32 Å². The molecule has 1 saturated carbocycles. The van der Waals surface area contributed by atoms with Gasteiger partial charge in [0.25, 0.3) is 0 Å². The fourth-order valence-electron chi connectivity index (χ4n) is 3.62. The van der Waals surface area contributed by atoms with Gasteiger partial charge in [0, 0.05) is 12.1 Å². The van der Waals surface area contributed by atoms with Crippen LogP contribution in [0.1, 0.15) is 50.5 Å². The molecule has 1 aromatic rings. The molecule has 0 unspecified atom stereocenters. The summed E-state index contributed by atoms with van der Waals surface area (Å²) in [4.78, 5) is 14.5. The average Bonchev–Trinajstić information content (AvgIpc) is 3.20. The van der Waals surface area contributed by atoms with Crippen molar-refractivity contribution in [2.75, 3.05) is 13.1 Å². The quantitative estimate of drug-likeness (QED) is 0.872. The number of hydrogen-bond donors (Lipinski definition) is 1. The highest BCUT2D eigenvalue weighted by Gasteiger charge is 2.33. The topological polar surface area (TPSA) is 32.3 Å². The summed E-state index contributed by atoms with van der Waals surface area (Å²) < 4.78 is 0. The van der Waals surface area contributed by atoms with Crippen molar-refractivity contribution in [2.24, 2.45) is 0 Å². The predicted octanol–water partition coefficient (Wildman–Crippen LogP) is 2.92. The van der Waals surface area contributed by atoms with Crippen molar-refractivity contribution in [2.45, 2.75) is 57.0 Å². The maximum atomic E-state index is 12.1. The van der Waals surface area contributed by atoms with Gasteiger partial charge in [-0.15, -0.1) is 0 Å². The number of hydrogen-bond acceptors (Lipinski definition) is 2. The van der Waals surface area contributed by atoms with E-state index in [1.807, 2.05) is 0 Å². The van der Waals surface area contributed by atoms with Gasteiger partial charge in [0.1, 0.15) is 0 Å². The van der Waals surface area contributed by atoms with E-state index in [2.05, 4.69) is 47.5 Å². The van der Waals surface area contributed by atoms with Crippen LogP contribution in [-0.4, -0.2) is 36.0 Å². The van der Waals surface area contributed by atoms with Crippen LogP contribution in [-0.2, 0) is 4.79 Å². The van der Waals surface area contributed by atoms with Crippen molar-refractivity contribution in [1.82, 2.24) is 10.2 Å². The summed E-state index contributed by atoms with van der Waals surface area (Å²) in [6.45, 7) is 3.90. The van der Waals surface area contributed by atoms with Gasteiger partial charge in [0.05, 0.1) is 6.54 Å². The molecule has 2 aliphatic rings. The fourth-order valence-corrected chi connectivity index (χ4v) is 3.62. The van der Waals surface area contributed by atoms with Crippen molar-refractivity contribution in [3.63, 3.8) is 0 Å². The van der Waals surface area contributed by atoms with Gasteiger partial charge in [-0.3, -0.25) is 9.69 Å². The van der Waals surface area contributed by atoms with Gasteiger partial charge in [0.15, 0.2) is 0 Å². The molecule has 1 aliphatic heterocycles. The van der Waals surface area contributed by atoms with Gasteiger partial charge in [-0.25, -0.2) is 0 Å². The highest BCUT2D eigenvalue weighted by atomic mass is 16.2. The van der Waals surface area contributed by atoms with Crippen LogP contribution in [0, 0.1) is 0 Å². The first-order valence-electron chi connectivity index (χ1n) is 8.36. The first-order valence-corrected chi connectivity index (χ1v) is 8.36. The number of rotatable bonds is 6. The summed E-state index contributed by atoms with van der Waals surface area (Å²) in [7, 11) is 0. The number of likely N-dealkylation sites (tertiary alicyclic amines) is 1. The summed E-state index contributed by atoms with van der Waals surface area (Å²) >= 11 is 0. The molecular formula is C18H26N2O. The summed E-state index contributed by atoms with van der Waals surface area (Å²) in [5.74, 6) is 0.759. The zero-order chi connectivity index (χ0) is 14.7. The Morgan fingerprint density at radius 1 is 1.29 bits per heavy atom. The smallest absolute Gasteiger partial charge is 0.234 e. The van der Waals surface area contributed by atoms with Crippen LogP contribution in [0.3, 0.4) is 0 Å². The molecule has 1 heterocycles. The Kier molecular flexibility index (Phi) is 4.59. The van der Waals surface area contributed by atoms with Crippen LogP contribution in [0.5, 0.6) is 0 Å². The lowest BCUT2D eigenvalue weighted by Crippen LogP contribution is -2.42. The molecule has 1 saturated heterocycles. The monoisotopic (exact) mass is 286 g/mol. The number of nitrogens with zero attached hydrogens (tertiary/aromatic N) is 1. The standard InChI is InChI=1S/C18H26N2O/c1-2-16(14-7-4-3-5-8-14)17-9-6-12-20(17)13-18(21)19-15-10-11-15/h3-5,7-8,15-17H,2,6,9-13H2,1H3,(H,19,21)/t16-,17+/m1/s1. The molecule has 0 bridgehead atoms. The van der Waals surface area contributed by atoms with Crippen LogP contribution in [0.4, 0.5) is 0 Å². The minimum absolute atomic E-state index is 0.215. The normalized spacial score (nSPS) is 24.0. The van der Waals surface area contributed by atoms with Gasteiger partial charge in [0.2, 0.25) is 5.91 Å². The van der Waals surface area contributed by atoms with E-state index in [0.29, 0.717) is 24.5 Å². The van der Waals surface area contributed by atoms with E-state index in [1.54, 1.807) is 0 Å². The molecule has 2 atom stereocenters. The van der Waals surface area contributed by atoms with E-state index >= 15 is 0 Å². The van der Waals surface area contributed by atoms with Crippen LogP contribution >= 0.6 is 0 Å². The molecule has 1 aliphatic carbocycles. The molecule has 0 spiro atoms. The molecule has 1 N–H and O–H groups in total. The number of nitrogens with one attached hydrogen (secondary N) is 1. The van der Waals surface area contributed by atoms with Crippen LogP contribution in [0.25, 0.3) is 0 Å². The fraction of sp³-hybridized carbons (Fsp3) is 0.611. The average molecular weight is 286 g/mol. The van der Waals surface area contributed by atoms with Gasteiger partial charge in [-0.1, -0.05) is 37.3 Å². The van der Waals surface area contributed by atoms with E-state index in [-0.39, 0.29) is 5.91 Å². The molecule has 0 aromatic heterocycles. The molecule has 114 valence electrons. The van der Waals surface area contributed by atoms with Crippen molar-refractivity contribution >= 4 is 5.91 Å². The molecule has 3 nitrogen and oxygen atoms in total. The van der Waals surface area contributed by atoms with Crippen molar-refractivity contribution in [1.29, 1.82) is 0 Å². The number of benzene rings is 1. The van der Waals surface area contributed by atoms with Crippen molar-refractivity contribution in [3.05, 3.63) is 35.9 Å². The van der Waals surface area contributed by atoms with E-state index in [4.69, 9.17) is 0 Å². The van der Waals surface area contributed by atoms with Crippen molar-refractivity contribution < 1.29 is 4.79 Å². The minimum atomic E-state index is 0.215. The van der Waals surface area contributed by atoms with Gasteiger partial charge in [-0.2, -0.15) is 0 Å². The van der Waals surface area contributed by atoms with Crippen LogP contribution in [0.2, 0.25) is 0 Å². The molecule has 21 heavy (non-hydrogen) atoms. The molecule has 1 amide bonds. The van der Waals surface area contributed by atoms with E-state index in [1.165, 1.54) is 18.4 Å². The van der Waals surface area contributed by atoms with E-state index in [9.17, 15) is 4.79 Å². The Balaban J connectivity index is 1.65. The molecular weight excluding hydrogens is 260 g/mol. The first kappa shape index (κ1) is 14.6. The highest BCUT2D eigenvalue weighted by Crippen LogP contribution is 2.33. The highest BCUT2D eigenvalue weighted by molar-refractivity contribution is 5.78. The third-order valence-corrected chi connectivity index (χ3v) is 4.84. The predicted molar refractivity (Wildman–Crippen MR) is 85.2 cm³/mol. The zero-order valence-electron chi connectivity index (χ0n) is 12.9. The molecule has 2 fully saturated rings. The maximum absolute atomic E-state index is 12.1. The molecule has 3 heteroatoms. The Morgan fingerprint density at radius 2 is 2.05 bits per heavy atom. The third-order valence-electron chi connectivity index (χ3n) is 4.84. The lowest BCUT2D eigenvalue weighted by molar-refractivity contribution is -0.122. The number of amides is 1. The second kappa shape index (κ2) is 6.61. The first-order chi connectivity index (χ1) is 10.3. The lowest BCUT2D eigenvalue weighted by Gasteiger charge is -2.31. The number of carbonyl (C=O) groups excluding carboxylic acids is 1. The van der Waals surface area contributed by atoms with Gasteiger partial charge in [-0.05, 0) is 50.1 Å². The largest absolute Gasteiger partial charge is 0.352 e. The second-order valence-electron chi connectivity index (χ2n) is 6.45. The molecule has 3 rings (SSSR count). The van der Waals surface area contributed by atoms with E-state index < -0.39 is 0 Å². The Bertz CT molecular complexity index is 469. The van der Waals surface area contributed by atoms with Crippen LogP contribution in [0.15, 0.2) is 30.3 Å². The summed E-state index contributed by atoms with van der Waals surface area (Å²) in [6, 6.07) is 11.8. The Morgan fingerprint density at radius 3 is 2.71 bits per heavy atom. The third kappa shape index (κ3) is 3.65. The summed E-state index contributed by atoms with van der Waals surface area (Å²) in [5, 5.41) is 3.12. The Labute approximate surface area is 127 Å². The number of carbonyl (C=O) groups is 1. The summed E-state index contributed by atoms with van der Waals surface area (Å²) in [5.41, 5.74) is 1.42. The molecule has 1 aromatic carbocycles. The SMILES string of the molecule is CC[C@H](c1ccccc1)[C@@H]1CCCN1CC(=O)NC1CC1. The van der Waals surface area contributed by atoms with Crippen molar-refractivity contribution in [3.8, 4) is 0 Å². The van der Waals surface area contributed by atoms with Gasteiger partial charge >= 0.3 is 0 Å². The Hall–Kier alpha value is -1.35. The maximum Gasteiger partial charge on any atom is 0.234 e. The van der Waals surface area contributed by atoms with Gasteiger partial charge < -0.3 is 5.32 Å². The zero-order valence-corrected chi connectivity index (χ0v) is 12.9.